The van der Waals surface area contributed by atoms with E-state index in [0.717, 1.165) is 12.1 Å². The second-order valence-corrected chi connectivity index (χ2v) is 5.98. The van der Waals surface area contributed by atoms with E-state index >= 15 is 0 Å². The number of aliphatic imine (C=N–C) groups is 1. The first-order valence-electron chi connectivity index (χ1n) is 7.76. The Morgan fingerprint density at radius 1 is 1.10 bits per heavy atom. The fraction of sp³-hybridized carbons (Fsp3) is 0.412. The van der Waals surface area contributed by atoms with Gasteiger partial charge in [0.2, 0.25) is 0 Å². The molecule has 4 nitrogen and oxygen atoms in total. The number of rotatable bonds is 2. The SMILES string of the molecule is NC1=NCC(c2cccc3cccnc23)N1C1CCCC1. The lowest BCUT2D eigenvalue weighted by molar-refractivity contribution is 0.263. The Morgan fingerprint density at radius 3 is 2.76 bits per heavy atom. The molecule has 4 heteroatoms. The van der Waals surface area contributed by atoms with E-state index in [1.807, 2.05) is 12.3 Å². The summed E-state index contributed by atoms with van der Waals surface area (Å²) < 4.78 is 0. The minimum Gasteiger partial charge on any atom is -0.370 e. The van der Waals surface area contributed by atoms with Gasteiger partial charge in [0.15, 0.2) is 5.96 Å². The Labute approximate surface area is 124 Å². The molecule has 1 aliphatic carbocycles. The maximum absolute atomic E-state index is 6.19. The molecule has 0 radical (unpaired) electrons. The molecule has 1 saturated carbocycles. The topological polar surface area (TPSA) is 54.5 Å². The molecule has 108 valence electrons. The zero-order chi connectivity index (χ0) is 14.2. The van der Waals surface area contributed by atoms with Crippen LogP contribution in [0.2, 0.25) is 0 Å². The van der Waals surface area contributed by atoms with Gasteiger partial charge < -0.3 is 10.6 Å². The number of hydrogen-bond acceptors (Lipinski definition) is 4. The van der Waals surface area contributed by atoms with Crippen molar-refractivity contribution in [2.75, 3.05) is 6.54 Å². The average Bonchev–Trinajstić information content (AvgIpc) is 3.16. The summed E-state index contributed by atoms with van der Waals surface area (Å²) in [6.45, 7) is 0.748. The molecule has 1 aromatic carbocycles. The summed E-state index contributed by atoms with van der Waals surface area (Å²) in [6, 6.07) is 11.3. The fourth-order valence-corrected chi connectivity index (χ4v) is 3.78. The number of pyridine rings is 1. The monoisotopic (exact) mass is 280 g/mol. The van der Waals surface area contributed by atoms with Crippen LogP contribution in [0.25, 0.3) is 10.9 Å². The first-order valence-corrected chi connectivity index (χ1v) is 7.76. The molecule has 4 rings (SSSR count). The average molecular weight is 280 g/mol. The lowest BCUT2D eigenvalue weighted by Crippen LogP contribution is -2.42. The van der Waals surface area contributed by atoms with Crippen molar-refractivity contribution >= 4 is 16.9 Å². The van der Waals surface area contributed by atoms with Gasteiger partial charge >= 0.3 is 0 Å². The second-order valence-electron chi connectivity index (χ2n) is 5.98. The minimum atomic E-state index is 0.242. The molecule has 0 bridgehead atoms. The summed E-state index contributed by atoms with van der Waals surface area (Å²) in [5, 5.41) is 1.19. The van der Waals surface area contributed by atoms with Gasteiger partial charge in [-0.05, 0) is 18.9 Å². The molecular weight excluding hydrogens is 260 g/mol. The molecule has 1 aromatic heterocycles. The summed E-state index contributed by atoms with van der Waals surface area (Å²) >= 11 is 0. The van der Waals surface area contributed by atoms with E-state index < -0.39 is 0 Å². The van der Waals surface area contributed by atoms with E-state index in [1.165, 1.54) is 36.6 Å². The summed E-state index contributed by atoms with van der Waals surface area (Å²) in [5.41, 5.74) is 8.52. The number of nitrogens with zero attached hydrogens (tertiary/aromatic N) is 3. The fourth-order valence-electron chi connectivity index (χ4n) is 3.78. The Balaban J connectivity index is 1.77. The Kier molecular flexibility index (Phi) is 3.02. The third kappa shape index (κ3) is 2.06. The van der Waals surface area contributed by atoms with Crippen LogP contribution in [0.3, 0.4) is 0 Å². The predicted molar refractivity (Wildman–Crippen MR) is 85.1 cm³/mol. The van der Waals surface area contributed by atoms with E-state index in [0.29, 0.717) is 12.0 Å². The number of fused-ring (bicyclic) bond motifs is 1. The Bertz CT molecular complexity index is 683. The van der Waals surface area contributed by atoms with E-state index in [-0.39, 0.29) is 6.04 Å². The molecule has 1 aliphatic heterocycles. The Hall–Kier alpha value is -2.10. The van der Waals surface area contributed by atoms with Crippen molar-refractivity contribution in [3.63, 3.8) is 0 Å². The molecule has 1 unspecified atom stereocenters. The number of para-hydroxylation sites is 1. The number of aromatic nitrogens is 1. The van der Waals surface area contributed by atoms with E-state index in [2.05, 4.69) is 39.1 Å². The summed E-state index contributed by atoms with van der Waals surface area (Å²) in [4.78, 5) is 11.5. The van der Waals surface area contributed by atoms with Crippen molar-refractivity contribution in [2.45, 2.75) is 37.8 Å². The van der Waals surface area contributed by atoms with Crippen LogP contribution in [0.5, 0.6) is 0 Å². The molecule has 2 heterocycles. The first kappa shape index (κ1) is 12.6. The van der Waals surface area contributed by atoms with Crippen LogP contribution in [0, 0.1) is 0 Å². The summed E-state index contributed by atoms with van der Waals surface area (Å²) in [5.74, 6) is 0.708. The Morgan fingerprint density at radius 2 is 1.90 bits per heavy atom. The molecule has 21 heavy (non-hydrogen) atoms. The van der Waals surface area contributed by atoms with Gasteiger partial charge in [0.25, 0.3) is 0 Å². The third-order valence-corrected chi connectivity index (χ3v) is 4.77. The van der Waals surface area contributed by atoms with Gasteiger partial charge in [-0.2, -0.15) is 0 Å². The highest BCUT2D eigenvalue weighted by atomic mass is 15.3. The largest absolute Gasteiger partial charge is 0.370 e. The van der Waals surface area contributed by atoms with Crippen molar-refractivity contribution in [1.29, 1.82) is 0 Å². The molecule has 0 saturated heterocycles. The highest BCUT2D eigenvalue weighted by molar-refractivity contribution is 5.85. The van der Waals surface area contributed by atoms with Crippen molar-refractivity contribution in [3.8, 4) is 0 Å². The van der Waals surface area contributed by atoms with Crippen LogP contribution in [0.4, 0.5) is 0 Å². The van der Waals surface area contributed by atoms with Gasteiger partial charge in [-0.1, -0.05) is 37.1 Å². The van der Waals surface area contributed by atoms with Crippen molar-refractivity contribution in [2.24, 2.45) is 10.7 Å². The number of guanidine groups is 1. The zero-order valence-corrected chi connectivity index (χ0v) is 12.1. The number of hydrogen-bond donors (Lipinski definition) is 1. The van der Waals surface area contributed by atoms with E-state index in [1.54, 1.807) is 0 Å². The maximum atomic E-state index is 6.19. The standard InChI is InChI=1S/C17H20N4/c18-17-20-11-15(21(17)13-7-1-2-8-13)14-9-3-5-12-6-4-10-19-16(12)14/h3-6,9-10,13,15H,1-2,7-8,11H2,(H2,18,20). The zero-order valence-electron chi connectivity index (χ0n) is 12.1. The van der Waals surface area contributed by atoms with Crippen molar-refractivity contribution in [1.82, 2.24) is 9.88 Å². The van der Waals surface area contributed by atoms with Gasteiger partial charge in [0, 0.05) is 23.2 Å². The van der Waals surface area contributed by atoms with Crippen LogP contribution in [-0.4, -0.2) is 28.4 Å². The molecule has 0 spiro atoms. The third-order valence-electron chi connectivity index (χ3n) is 4.77. The van der Waals surface area contributed by atoms with Crippen LogP contribution < -0.4 is 5.73 Å². The molecular formula is C17H20N4. The van der Waals surface area contributed by atoms with Crippen molar-refractivity contribution < 1.29 is 0 Å². The molecule has 2 aromatic rings. The van der Waals surface area contributed by atoms with Crippen molar-refractivity contribution in [3.05, 3.63) is 42.1 Å². The van der Waals surface area contributed by atoms with Gasteiger partial charge in [-0.15, -0.1) is 0 Å². The second kappa shape index (κ2) is 5.02. The van der Waals surface area contributed by atoms with E-state index in [9.17, 15) is 0 Å². The highest BCUT2D eigenvalue weighted by Crippen LogP contribution is 2.36. The van der Waals surface area contributed by atoms with Crippen LogP contribution in [-0.2, 0) is 0 Å². The van der Waals surface area contributed by atoms with Gasteiger partial charge in [-0.25, -0.2) is 0 Å². The maximum Gasteiger partial charge on any atom is 0.192 e. The summed E-state index contributed by atoms with van der Waals surface area (Å²) in [6.07, 6.45) is 6.92. The quantitative estimate of drug-likeness (QED) is 0.920. The van der Waals surface area contributed by atoms with Crippen LogP contribution in [0.15, 0.2) is 41.5 Å². The molecule has 2 aliphatic rings. The molecule has 2 N–H and O–H groups in total. The lowest BCUT2D eigenvalue weighted by Gasteiger charge is -2.32. The van der Waals surface area contributed by atoms with Gasteiger partial charge in [0.05, 0.1) is 18.1 Å². The van der Waals surface area contributed by atoms with Gasteiger partial charge in [-0.3, -0.25) is 9.98 Å². The normalized spacial score (nSPS) is 23.0. The van der Waals surface area contributed by atoms with Crippen LogP contribution >= 0.6 is 0 Å². The molecule has 1 atom stereocenters. The highest BCUT2D eigenvalue weighted by Gasteiger charge is 2.35. The predicted octanol–water partition coefficient (Wildman–Crippen LogP) is 2.85. The molecule has 0 amide bonds. The summed E-state index contributed by atoms with van der Waals surface area (Å²) in [7, 11) is 0. The molecule has 1 fully saturated rings. The van der Waals surface area contributed by atoms with Gasteiger partial charge in [0.1, 0.15) is 0 Å². The first-order chi connectivity index (χ1) is 10.3. The lowest BCUT2D eigenvalue weighted by atomic mass is 10.0. The smallest absolute Gasteiger partial charge is 0.192 e. The number of benzene rings is 1. The minimum absolute atomic E-state index is 0.242. The van der Waals surface area contributed by atoms with Crippen LogP contribution in [0.1, 0.15) is 37.3 Å². The van der Waals surface area contributed by atoms with E-state index in [4.69, 9.17) is 5.73 Å². The number of nitrogens with two attached hydrogens (primary N) is 1.